The highest BCUT2D eigenvalue weighted by Crippen LogP contribution is 2.27. The van der Waals surface area contributed by atoms with Crippen molar-refractivity contribution in [2.45, 2.75) is 0 Å². The standard InChI is InChI=1S/C13H6F3N3O/c14-7-4-5-8(15)11(16)10(7)13-18-12(19-20-13)9-3-1-2-6-17-9/h1-6H. The molecule has 0 N–H and O–H groups in total. The Morgan fingerprint density at radius 1 is 0.950 bits per heavy atom. The fraction of sp³-hybridized carbons (Fsp3) is 0. The number of rotatable bonds is 2. The van der Waals surface area contributed by atoms with E-state index in [1.807, 2.05) is 0 Å². The van der Waals surface area contributed by atoms with Crippen LogP contribution in [0.2, 0.25) is 0 Å². The van der Waals surface area contributed by atoms with Gasteiger partial charge in [0, 0.05) is 6.20 Å². The second kappa shape index (κ2) is 4.76. The molecule has 100 valence electrons. The van der Waals surface area contributed by atoms with Crippen LogP contribution in [0.25, 0.3) is 23.0 Å². The molecule has 1 aromatic carbocycles. The molecule has 0 aliphatic rings. The first-order chi connectivity index (χ1) is 9.66. The third-order valence-electron chi connectivity index (χ3n) is 2.58. The Bertz CT molecular complexity index is 759. The van der Waals surface area contributed by atoms with Crippen LogP contribution < -0.4 is 0 Å². The van der Waals surface area contributed by atoms with E-state index in [0.717, 1.165) is 6.07 Å². The fourth-order valence-corrected chi connectivity index (χ4v) is 1.65. The third-order valence-corrected chi connectivity index (χ3v) is 2.58. The SMILES string of the molecule is Fc1ccc(F)c(-c2nc(-c3ccccn3)no2)c1F. The molecule has 0 aliphatic heterocycles. The van der Waals surface area contributed by atoms with E-state index in [4.69, 9.17) is 4.52 Å². The Morgan fingerprint density at radius 3 is 2.50 bits per heavy atom. The minimum atomic E-state index is -1.37. The van der Waals surface area contributed by atoms with Crippen LogP contribution in [-0.2, 0) is 0 Å². The lowest BCUT2D eigenvalue weighted by Crippen LogP contribution is -1.94. The molecular formula is C13H6F3N3O. The first kappa shape index (κ1) is 12.3. The lowest BCUT2D eigenvalue weighted by molar-refractivity contribution is 0.422. The van der Waals surface area contributed by atoms with Crippen LogP contribution in [0, 0.1) is 17.5 Å². The maximum Gasteiger partial charge on any atom is 0.264 e. The maximum absolute atomic E-state index is 13.6. The van der Waals surface area contributed by atoms with Gasteiger partial charge >= 0.3 is 0 Å². The molecule has 0 fully saturated rings. The van der Waals surface area contributed by atoms with E-state index in [0.29, 0.717) is 11.8 Å². The predicted molar refractivity (Wildman–Crippen MR) is 62.8 cm³/mol. The smallest absolute Gasteiger partial charge is 0.264 e. The lowest BCUT2D eigenvalue weighted by Gasteiger charge is -1.99. The summed E-state index contributed by atoms with van der Waals surface area (Å²) in [6.45, 7) is 0. The number of hydrogen-bond acceptors (Lipinski definition) is 4. The van der Waals surface area contributed by atoms with Gasteiger partial charge in [0.25, 0.3) is 5.89 Å². The number of halogens is 3. The highest BCUT2D eigenvalue weighted by Gasteiger charge is 2.21. The number of benzene rings is 1. The molecule has 0 bridgehead atoms. The van der Waals surface area contributed by atoms with Crippen LogP contribution in [0.3, 0.4) is 0 Å². The lowest BCUT2D eigenvalue weighted by atomic mass is 10.2. The molecule has 0 saturated carbocycles. The fourth-order valence-electron chi connectivity index (χ4n) is 1.65. The third kappa shape index (κ3) is 2.03. The molecular weight excluding hydrogens is 271 g/mol. The first-order valence-corrected chi connectivity index (χ1v) is 5.56. The van der Waals surface area contributed by atoms with E-state index in [1.54, 1.807) is 18.2 Å². The Kier molecular flexibility index (Phi) is 2.94. The van der Waals surface area contributed by atoms with Gasteiger partial charge in [0.2, 0.25) is 5.82 Å². The quantitative estimate of drug-likeness (QED) is 0.675. The van der Waals surface area contributed by atoms with E-state index in [-0.39, 0.29) is 5.82 Å². The van der Waals surface area contributed by atoms with Gasteiger partial charge in [-0.15, -0.1) is 0 Å². The minimum absolute atomic E-state index is 0.0589. The molecule has 3 aromatic rings. The van der Waals surface area contributed by atoms with E-state index in [9.17, 15) is 13.2 Å². The average Bonchev–Trinajstić information content (AvgIpc) is 2.94. The summed E-state index contributed by atoms with van der Waals surface area (Å²) >= 11 is 0. The second-order valence-corrected chi connectivity index (χ2v) is 3.86. The summed E-state index contributed by atoms with van der Waals surface area (Å²) in [4.78, 5) is 7.80. The van der Waals surface area contributed by atoms with Gasteiger partial charge in [-0.05, 0) is 24.3 Å². The molecule has 0 saturated heterocycles. The average molecular weight is 277 g/mol. The molecule has 0 spiro atoms. The Labute approximate surface area is 110 Å². The molecule has 0 aliphatic carbocycles. The number of pyridine rings is 1. The predicted octanol–water partition coefficient (Wildman–Crippen LogP) is 3.22. The van der Waals surface area contributed by atoms with Gasteiger partial charge in [0.1, 0.15) is 17.1 Å². The van der Waals surface area contributed by atoms with Crippen LogP contribution in [0.1, 0.15) is 0 Å². The summed E-state index contributed by atoms with van der Waals surface area (Å²) < 4.78 is 45.1. The number of aromatic nitrogens is 3. The molecule has 3 rings (SSSR count). The van der Waals surface area contributed by atoms with Crippen molar-refractivity contribution in [3.63, 3.8) is 0 Å². The van der Waals surface area contributed by atoms with Crippen molar-refractivity contribution in [3.05, 3.63) is 54.0 Å². The molecule has 4 nitrogen and oxygen atoms in total. The van der Waals surface area contributed by atoms with Crippen molar-refractivity contribution in [1.29, 1.82) is 0 Å². The molecule has 2 aromatic heterocycles. The van der Waals surface area contributed by atoms with Crippen molar-refractivity contribution >= 4 is 0 Å². The largest absolute Gasteiger partial charge is 0.333 e. The molecule has 0 unspecified atom stereocenters. The van der Waals surface area contributed by atoms with E-state index >= 15 is 0 Å². The van der Waals surface area contributed by atoms with Gasteiger partial charge < -0.3 is 4.52 Å². The minimum Gasteiger partial charge on any atom is -0.333 e. The number of hydrogen-bond donors (Lipinski definition) is 0. The summed E-state index contributed by atoms with van der Waals surface area (Å²) in [5.41, 5.74) is -0.320. The molecule has 7 heteroatoms. The van der Waals surface area contributed by atoms with Crippen LogP contribution in [-0.4, -0.2) is 15.1 Å². The zero-order chi connectivity index (χ0) is 14.1. The Balaban J connectivity index is 2.10. The highest BCUT2D eigenvalue weighted by atomic mass is 19.2. The zero-order valence-corrected chi connectivity index (χ0v) is 9.85. The normalized spacial score (nSPS) is 10.8. The number of nitrogens with zero attached hydrogens (tertiary/aromatic N) is 3. The summed E-state index contributed by atoms with van der Waals surface area (Å²) in [5, 5.41) is 3.57. The van der Waals surface area contributed by atoms with Crippen molar-refractivity contribution in [2.24, 2.45) is 0 Å². The van der Waals surface area contributed by atoms with E-state index in [1.165, 1.54) is 6.20 Å². The topological polar surface area (TPSA) is 51.8 Å². The summed E-state index contributed by atoms with van der Waals surface area (Å²) in [6.07, 6.45) is 1.51. The van der Waals surface area contributed by atoms with Gasteiger partial charge in [0.05, 0.1) is 0 Å². The van der Waals surface area contributed by atoms with Crippen molar-refractivity contribution in [2.75, 3.05) is 0 Å². The monoisotopic (exact) mass is 277 g/mol. The van der Waals surface area contributed by atoms with Crippen LogP contribution in [0.5, 0.6) is 0 Å². The summed E-state index contributed by atoms with van der Waals surface area (Å²) in [7, 11) is 0. The van der Waals surface area contributed by atoms with Crippen molar-refractivity contribution < 1.29 is 17.7 Å². The second-order valence-electron chi connectivity index (χ2n) is 3.86. The summed E-state index contributed by atoms with van der Waals surface area (Å²) in [6, 6.07) is 6.47. The molecule has 2 heterocycles. The van der Waals surface area contributed by atoms with Crippen LogP contribution in [0.15, 0.2) is 41.1 Å². The van der Waals surface area contributed by atoms with E-state index in [2.05, 4.69) is 15.1 Å². The van der Waals surface area contributed by atoms with Gasteiger partial charge in [0.15, 0.2) is 11.6 Å². The van der Waals surface area contributed by atoms with Crippen molar-refractivity contribution in [1.82, 2.24) is 15.1 Å². The maximum atomic E-state index is 13.6. The van der Waals surface area contributed by atoms with Gasteiger partial charge in [-0.3, -0.25) is 4.98 Å². The van der Waals surface area contributed by atoms with Crippen molar-refractivity contribution in [3.8, 4) is 23.0 Å². The highest BCUT2D eigenvalue weighted by molar-refractivity contribution is 5.58. The zero-order valence-electron chi connectivity index (χ0n) is 9.85. The van der Waals surface area contributed by atoms with E-state index < -0.39 is 28.9 Å². The van der Waals surface area contributed by atoms with Gasteiger partial charge in [-0.25, -0.2) is 13.2 Å². The summed E-state index contributed by atoms with van der Waals surface area (Å²) in [5.74, 6) is -3.94. The Hall–Kier alpha value is -2.70. The molecule has 0 radical (unpaired) electrons. The molecule has 20 heavy (non-hydrogen) atoms. The molecule has 0 atom stereocenters. The Morgan fingerprint density at radius 2 is 1.75 bits per heavy atom. The van der Waals surface area contributed by atoms with Gasteiger partial charge in [-0.2, -0.15) is 4.98 Å². The first-order valence-electron chi connectivity index (χ1n) is 5.56. The van der Waals surface area contributed by atoms with Crippen LogP contribution in [0.4, 0.5) is 13.2 Å². The molecule has 0 amide bonds. The van der Waals surface area contributed by atoms with Crippen LogP contribution >= 0.6 is 0 Å². The van der Waals surface area contributed by atoms with Gasteiger partial charge in [-0.1, -0.05) is 11.2 Å².